The second-order valence-electron chi connectivity index (χ2n) is 4.39. The van der Waals surface area contributed by atoms with Gasteiger partial charge >= 0.3 is 0 Å². The Labute approximate surface area is 120 Å². The Kier molecular flexibility index (Phi) is 3.87. The first-order valence-corrected chi connectivity index (χ1v) is 8.02. The smallest absolute Gasteiger partial charge is 0.0717 e. The van der Waals surface area contributed by atoms with E-state index in [0.717, 1.165) is 13.0 Å². The molecule has 3 nitrogen and oxygen atoms in total. The summed E-state index contributed by atoms with van der Waals surface area (Å²) in [5.74, 6) is 0. The van der Waals surface area contributed by atoms with E-state index in [2.05, 4.69) is 51.5 Å². The molecule has 3 aromatic rings. The van der Waals surface area contributed by atoms with Crippen molar-refractivity contribution in [2.45, 2.75) is 19.4 Å². The minimum atomic E-state index is 0.197. The lowest BCUT2D eigenvalue weighted by Crippen LogP contribution is -2.22. The molecule has 1 aromatic carbocycles. The number of nitrogens with zero attached hydrogens (tertiary/aromatic N) is 2. The van der Waals surface area contributed by atoms with Crippen molar-refractivity contribution >= 4 is 33.0 Å². The normalized spacial score (nSPS) is 12.9. The summed E-state index contributed by atoms with van der Waals surface area (Å²) in [5, 5.41) is 11.0. The lowest BCUT2D eigenvalue weighted by atomic mass is 10.0. The summed E-state index contributed by atoms with van der Waals surface area (Å²) in [7, 11) is 0. The van der Waals surface area contributed by atoms with E-state index in [9.17, 15) is 0 Å². The molecule has 0 aliphatic rings. The Bertz CT molecular complexity index is 646. The molecule has 3 rings (SSSR count). The van der Waals surface area contributed by atoms with Crippen molar-refractivity contribution in [2.24, 2.45) is 0 Å². The SMILES string of the molecule is CCCNC(c1cnns1)c1cccc2ccsc12. The Balaban J connectivity index is 2.06. The predicted octanol–water partition coefficient (Wildman–Crippen LogP) is 3.84. The molecule has 0 bridgehead atoms. The molecule has 98 valence electrons. The quantitative estimate of drug-likeness (QED) is 0.775. The van der Waals surface area contributed by atoms with Crippen molar-refractivity contribution in [3.63, 3.8) is 0 Å². The standard InChI is InChI=1S/C14H15N3S2/c1-2-7-15-13(12-9-16-17-19-12)11-5-3-4-10-6-8-18-14(10)11/h3-6,8-9,13,15H,2,7H2,1H3. The van der Waals surface area contributed by atoms with Crippen molar-refractivity contribution in [3.8, 4) is 0 Å². The van der Waals surface area contributed by atoms with Crippen LogP contribution in [0.5, 0.6) is 0 Å². The van der Waals surface area contributed by atoms with Gasteiger partial charge in [-0.1, -0.05) is 29.6 Å². The number of rotatable bonds is 5. The Hall–Kier alpha value is -1.30. The zero-order valence-electron chi connectivity index (χ0n) is 10.7. The molecule has 1 unspecified atom stereocenters. The van der Waals surface area contributed by atoms with Gasteiger partial charge in [0.05, 0.1) is 17.1 Å². The van der Waals surface area contributed by atoms with Gasteiger partial charge in [-0.25, -0.2) is 0 Å². The van der Waals surface area contributed by atoms with Crippen LogP contribution in [0.25, 0.3) is 10.1 Å². The maximum atomic E-state index is 4.00. The van der Waals surface area contributed by atoms with Crippen LogP contribution >= 0.6 is 22.9 Å². The van der Waals surface area contributed by atoms with Crippen LogP contribution in [0.15, 0.2) is 35.8 Å². The fourth-order valence-corrected chi connectivity index (χ4v) is 3.74. The Morgan fingerprint density at radius 3 is 3.05 bits per heavy atom. The van der Waals surface area contributed by atoms with Crippen molar-refractivity contribution in [1.82, 2.24) is 14.9 Å². The van der Waals surface area contributed by atoms with E-state index in [0.29, 0.717) is 0 Å². The molecule has 1 atom stereocenters. The number of hydrogen-bond acceptors (Lipinski definition) is 5. The molecule has 5 heteroatoms. The highest BCUT2D eigenvalue weighted by atomic mass is 32.1. The van der Waals surface area contributed by atoms with Crippen molar-refractivity contribution in [1.29, 1.82) is 0 Å². The molecule has 0 amide bonds. The monoisotopic (exact) mass is 289 g/mol. The van der Waals surface area contributed by atoms with E-state index in [4.69, 9.17) is 0 Å². The number of benzene rings is 1. The molecule has 0 spiro atoms. The summed E-state index contributed by atoms with van der Waals surface area (Å²) in [6, 6.07) is 8.86. The molecule has 0 saturated carbocycles. The molecule has 2 heterocycles. The van der Waals surface area contributed by atoms with Gasteiger partial charge in [0.15, 0.2) is 0 Å². The van der Waals surface area contributed by atoms with Gasteiger partial charge in [0.25, 0.3) is 0 Å². The largest absolute Gasteiger partial charge is 0.305 e. The van der Waals surface area contributed by atoms with Gasteiger partial charge in [-0.05, 0) is 46.9 Å². The van der Waals surface area contributed by atoms with Crippen LogP contribution < -0.4 is 5.32 Å². The molecule has 19 heavy (non-hydrogen) atoms. The van der Waals surface area contributed by atoms with E-state index in [1.807, 2.05) is 6.20 Å². The average molecular weight is 289 g/mol. The summed E-state index contributed by atoms with van der Waals surface area (Å²) in [5.41, 5.74) is 1.33. The fourth-order valence-electron chi connectivity index (χ4n) is 2.20. The number of thiophene rings is 1. The first kappa shape index (κ1) is 12.7. The molecule has 0 aliphatic carbocycles. The van der Waals surface area contributed by atoms with Crippen LogP contribution in [-0.2, 0) is 0 Å². The minimum Gasteiger partial charge on any atom is -0.305 e. The maximum absolute atomic E-state index is 4.00. The van der Waals surface area contributed by atoms with Crippen molar-refractivity contribution in [3.05, 3.63) is 46.3 Å². The highest BCUT2D eigenvalue weighted by Gasteiger charge is 2.18. The van der Waals surface area contributed by atoms with Gasteiger partial charge in [-0.3, -0.25) is 0 Å². The molecule has 2 aromatic heterocycles. The molecule has 0 fully saturated rings. The van der Waals surface area contributed by atoms with Gasteiger partial charge in [0.2, 0.25) is 0 Å². The zero-order valence-corrected chi connectivity index (χ0v) is 12.3. The third kappa shape index (κ3) is 2.54. The summed E-state index contributed by atoms with van der Waals surface area (Å²) >= 11 is 3.27. The lowest BCUT2D eigenvalue weighted by molar-refractivity contribution is 0.608. The molecule has 1 N–H and O–H groups in total. The summed E-state index contributed by atoms with van der Waals surface area (Å²) in [6.07, 6.45) is 2.98. The summed E-state index contributed by atoms with van der Waals surface area (Å²) < 4.78 is 5.35. The van der Waals surface area contributed by atoms with Crippen molar-refractivity contribution < 1.29 is 0 Å². The van der Waals surface area contributed by atoms with Gasteiger partial charge in [-0.15, -0.1) is 16.4 Å². The van der Waals surface area contributed by atoms with Gasteiger partial charge in [-0.2, -0.15) is 0 Å². The minimum absolute atomic E-state index is 0.197. The first-order chi connectivity index (χ1) is 9.40. The van der Waals surface area contributed by atoms with Gasteiger partial charge in [0.1, 0.15) is 0 Å². The van der Waals surface area contributed by atoms with Crippen LogP contribution in [0.3, 0.4) is 0 Å². The van der Waals surface area contributed by atoms with E-state index < -0.39 is 0 Å². The topological polar surface area (TPSA) is 37.8 Å². The highest BCUT2D eigenvalue weighted by Crippen LogP contribution is 2.33. The van der Waals surface area contributed by atoms with Crippen LogP contribution in [0.4, 0.5) is 0 Å². The van der Waals surface area contributed by atoms with E-state index in [-0.39, 0.29) is 6.04 Å². The Morgan fingerprint density at radius 2 is 2.26 bits per heavy atom. The van der Waals surface area contributed by atoms with E-state index >= 15 is 0 Å². The molecular weight excluding hydrogens is 274 g/mol. The number of fused-ring (bicyclic) bond motifs is 1. The zero-order chi connectivity index (χ0) is 13.1. The number of hydrogen-bond donors (Lipinski definition) is 1. The van der Waals surface area contributed by atoms with Crippen LogP contribution in [0.1, 0.15) is 29.8 Å². The van der Waals surface area contributed by atoms with Crippen LogP contribution in [0, 0.1) is 0 Å². The van der Waals surface area contributed by atoms with E-state index in [1.54, 1.807) is 11.3 Å². The fraction of sp³-hybridized carbons (Fsp3) is 0.286. The average Bonchev–Trinajstić information content (AvgIpc) is 3.10. The van der Waals surface area contributed by atoms with Gasteiger partial charge in [0, 0.05) is 4.70 Å². The van der Waals surface area contributed by atoms with Crippen LogP contribution in [0.2, 0.25) is 0 Å². The second-order valence-corrected chi connectivity index (χ2v) is 6.13. The third-order valence-electron chi connectivity index (χ3n) is 3.08. The predicted molar refractivity (Wildman–Crippen MR) is 81.9 cm³/mol. The highest BCUT2D eigenvalue weighted by molar-refractivity contribution is 7.17. The number of nitrogens with one attached hydrogen (secondary N) is 1. The lowest BCUT2D eigenvalue weighted by Gasteiger charge is -2.17. The van der Waals surface area contributed by atoms with Gasteiger partial charge < -0.3 is 5.32 Å². The van der Waals surface area contributed by atoms with E-state index in [1.165, 1.54) is 32.1 Å². The summed E-state index contributed by atoms with van der Waals surface area (Å²) in [4.78, 5) is 1.18. The molecule has 0 saturated heterocycles. The molecule has 0 aliphatic heterocycles. The second kappa shape index (κ2) is 5.77. The molecule has 0 radical (unpaired) electrons. The van der Waals surface area contributed by atoms with Crippen molar-refractivity contribution in [2.75, 3.05) is 6.54 Å². The number of aromatic nitrogens is 2. The first-order valence-electron chi connectivity index (χ1n) is 6.37. The summed E-state index contributed by atoms with van der Waals surface area (Å²) in [6.45, 7) is 3.17. The van der Waals surface area contributed by atoms with Crippen LogP contribution in [-0.4, -0.2) is 16.1 Å². The third-order valence-corrected chi connectivity index (χ3v) is 4.79. The molecular formula is C14H15N3S2. The Morgan fingerprint density at radius 1 is 1.32 bits per heavy atom. The maximum Gasteiger partial charge on any atom is 0.0717 e.